The summed E-state index contributed by atoms with van der Waals surface area (Å²) in [5, 5.41) is 20.7. The quantitative estimate of drug-likeness (QED) is 0.681. The van der Waals surface area contributed by atoms with Crippen molar-refractivity contribution >= 4 is 11.8 Å². The maximum Gasteiger partial charge on any atom is 0.410 e. The molecule has 1 unspecified atom stereocenters. The number of nitrogens with zero attached hydrogens (tertiary/aromatic N) is 2. The summed E-state index contributed by atoms with van der Waals surface area (Å²) in [6.07, 6.45) is 0.138. The number of phenols is 1. The largest absolute Gasteiger partial charge is 0.508 e. The van der Waals surface area contributed by atoms with Gasteiger partial charge in [0.2, 0.25) is 0 Å². The number of hydrogen-bond donors (Lipinski definition) is 1. The summed E-state index contributed by atoms with van der Waals surface area (Å²) in [5.74, 6) is 0.113. The second-order valence-electron chi connectivity index (χ2n) is 5.78. The van der Waals surface area contributed by atoms with Gasteiger partial charge in [-0.15, -0.1) is 0 Å². The molecule has 3 rings (SSSR count). The molecule has 7 heteroatoms. The van der Waals surface area contributed by atoms with Crippen molar-refractivity contribution in [1.29, 1.82) is 0 Å². The number of rotatable bonds is 3. The number of carbonyl (C=O) groups excluding carboxylic acids is 1. The van der Waals surface area contributed by atoms with E-state index in [1.54, 1.807) is 30.0 Å². The maximum atomic E-state index is 12.4. The Kier molecular flexibility index (Phi) is 4.56. The van der Waals surface area contributed by atoms with E-state index in [1.807, 2.05) is 0 Å². The van der Waals surface area contributed by atoms with Gasteiger partial charge in [0, 0.05) is 18.7 Å². The van der Waals surface area contributed by atoms with Gasteiger partial charge in [0.1, 0.15) is 5.75 Å². The summed E-state index contributed by atoms with van der Waals surface area (Å²) in [6.45, 7) is 2.44. The van der Waals surface area contributed by atoms with Crippen LogP contribution in [-0.2, 0) is 11.2 Å². The molecular formula is C18H18N2O5. The lowest BCUT2D eigenvalue weighted by molar-refractivity contribution is -0.385. The molecule has 0 aromatic heterocycles. The van der Waals surface area contributed by atoms with E-state index in [0.29, 0.717) is 18.5 Å². The lowest BCUT2D eigenvalue weighted by Gasteiger charge is -2.36. The van der Waals surface area contributed by atoms with E-state index in [-0.39, 0.29) is 18.0 Å². The Morgan fingerprint density at radius 3 is 2.68 bits per heavy atom. The first-order chi connectivity index (χ1) is 12.0. The van der Waals surface area contributed by atoms with Gasteiger partial charge in [-0.25, -0.2) is 4.79 Å². The highest BCUT2D eigenvalue weighted by molar-refractivity contribution is 5.70. The van der Waals surface area contributed by atoms with E-state index in [0.717, 1.165) is 11.1 Å². The fourth-order valence-electron chi connectivity index (χ4n) is 3.14. The summed E-state index contributed by atoms with van der Waals surface area (Å²) in [7, 11) is 0. The van der Waals surface area contributed by atoms with Crippen molar-refractivity contribution in [3.05, 3.63) is 69.3 Å². The van der Waals surface area contributed by atoms with Crippen LogP contribution in [0.1, 0.15) is 29.7 Å². The highest BCUT2D eigenvalue weighted by Gasteiger charge is 2.34. The van der Waals surface area contributed by atoms with Gasteiger partial charge in [-0.05, 0) is 42.2 Å². The summed E-state index contributed by atoms with van der Waals surface area (Å²) < 4.78 is 5.15. The molecular weight excluding hydrogens is 324 g/mol. The topological polar surface area (TPSA) is 92.9 Å². The normalized spacial score (nSPS) is 16.2. The predicted molar refractivity (Wildman–Crippen MR) is 90.5 cm³/mol. The second kappa shape index (κ2) is 6.80. The summed E-state index contributed by atoms with van der Waals surface area (Å²) in [4.78, 5) is 24.7. The van der Waals surface area contributed by atoms with E-state index < -0.39 is 17.1 Å². The SMILES string of the molecule is CCOC(=O)N1CCc2ccc([N+](=O)[O-])cc2C1c1ccc(O)cc1. The average Bonchev–Trinajstić information content (AvgIpc) is 2.61. The number of amides is 1. The third kappa shape index (κ3) is 3.26. The van der Waals surface area contributed by atoms with Crippen LogP contribution in [0.5, 0.6) is 5.75 Å². The Bertz CT molecular complexity index is 804. The molecule has 1 atom stereocenters. The Balaban J connectivity index is 2.12. The number of aromatic hydroxyl groups is 1. The molecule has 7 nitrogen and oxygen atoms in total. The number of carbonyl (C=O) groups is 1. The number of benzene rings is 2. The van der Waals surface area contributed by atoms with E-state index in [4.69, 9.17) is 4.74 Å². The fourth-order valence-corrected chi connectivity index (χ4v) is 3.14. The molecule has 0 aliphatic carbocycles. The minimum atomic E-state index is -0.497. The average molecular weight is 342 g/mol. The molecule has 0 radical (unpaired) electrons. The number of nitro groups is 1. The smallest absolute Gasteiger partial charge is 0.410 e. The van der Waals surface area contributed by atoms with Crippen molar-refractivity contribution in [3.8, 4) is 5.75 Å². The lowest BCUT2D eigenvalue weighted by atomic mass is 9.88. The number of hydrogen-bond acceptors (Lipinski definition) is 5. The third-order valence-corrected chi connectivity index (χ3v) is 4.28. The van der Waals surface area contributed by atoms with E-state index in [2.05, 4.69) is 0 Å². The molecule has 1 aliphatic rings. The molecule has 1 N–H and O–H groups in total. The van der Waals surface area contributed by atoms with Crippen molar-refractivity contribution in [1.82, 2.24) is 4.90 Å². The molecule has 0 saturated carbocycles. The van der Waals surface area contributed by atoms with Crippen LogP contribution in [0.2, 0.25) is 0 Å². The first-order valence-corrected chi connectivity index (χ1v) is 8.00. The molecule has 0 bridgehead atoms. The Labute approximate surface area is 144 Å². The molecule has 1 heterocycles. The van der Waals surface area contributed by atoms with Gasteiger partial charge in [0.05, 0.1) is 17.6 Å². The predicted octanol–water partition coefficient (Wildman–Crippen LogP) is 3.40. The highest BCUT2D eigenvalue weighted by Crippen LogP contribution is 2.37. The van der Waals surface area contributed by atoms with Crippen molar-refractivity contribution in [2.75, 3.05) is 13.2 Å². The van der Waals surface area contributed by atoms with Crippen molar-refractivity contribution in [2.45, 2.75) is 19.4 Å². The van der Waals surface area contributed by atoms with Crippen LogP contribution in [0.25, 0.3) is 0 Å². The number of fused-ring (bicyclic) bond motifs is 1. The molecule has 2 aromatic rings. The first-order valence-electron chi connectivity index (χ1n) is 8.00. The van der Waals surface area contributed by atoms with Crippen LogP contribution in [0.15, 0.2) is 42.5 Å². The molecule has 130 valence electrons. The van der Waals surface area contributed by atoms with Gasteiger partial charge in [-0.1, -0.05) is 18.2 Å². The molecule has 0 spiro atoms. The molecule has 0 fully saturated rings. The minimum Gasteiger partial charge on any atom is -0.508 e. The second-order valence-corrected chi connectivity index (χ2v) is 5.78. The monoisotopic (exact) mass is 342 g/mol. The first kappa shape index (κ1) is 16.8. The van der Waals surface area contributed by atoms with Crippen molar-refractivity contribution in [2.24, 2.45) is 0 Å². The van der Waals surface area contributed by atoms with Crippen LogP contribution in [0.3, 0.4) is 0 Å². The number of ether oxygens (including phenoxy) is 1. The van der Waals surface area contributed by atoms with E-state index in [9.17, 15) is 20.0 Å². The van der Waals surface area contributed by atoms with Crippen LogP contribution in [0.4, 0.5) is 10.5 Å². The van der Waals surface area contributed by atoms with Gasteiger partial charge in [0.15, 0.2) is 0 Å². The van der Waals surface area contributed by atoms with Crippen molar-refractivity contribution < 1.29 is 19.6 Å². The number of phenolic OH excluding ortho intramolecular Hbond substituents is 1. The lowest BCUT2D eigenvalue weighted by Crippen LogP contribution is -2.41. The molecule has 25 heavy (non-hydrogen) atoms. The zero-order valence-electron chi connectivity index (χ0n) is 13.7. The van der Waals surface area contributed by atoms with Crippen molar-refractivity contribution in [3.63, 3.8) is 0 Å². The fraction of sp³-hybridized carbons (Fsp3) is 0.278. The van der Waals surface area contributed by atoms with E-state index >= 15 is 0 Å². The zero-order chi connectivity index (χ0) is 18.0. The number of non-ortho nitro benzene ring substituents is 1. The number of nitro benzene ring substituents is 1. The van der Waals surface area contributed by atoms with Gasteiger partial charge in [-0.3, -0.25) is 15.0 Å². The minimum absolute atomic E-state index is 0.0202. The Morgan fingerprint density at radius 1 is 1.32 bits per heavy atom. The van der Waals surface area contributed by atoms with E-state index in [1.165, 1.54) is 24.3 Å². The maximum absolute atomic E-state index is 12.4. The molecule has 2 aromatic carbocycles. The Hall–Kier alpha value is -3.09. The van der Waals surface area contributed by atoms with Gasteiger partial charge < -0.3 is 9.84 Å². The van der Waals surface area contributed by atoms with Gasteiger partial charge >= 0.3 is 6.09 Å². The third-order valence-electron chi connectivity index (χ3n) is 4.28. The standard InChI is InChI=1S/C18H18N2O5/c1-2-25-18(22)19-10-9-12-3-6-14(20(23)24)11-16(12)17(19)13-4-7-15(21)8-5-13/h3-8,11,17,21H,2,9-10H2,1H3. The molecule has 0 saturated heterocycles. The van der Waals surface area contributed by atoms with Crippen LogP contribution >= 0.6 is 0 Å². The summed E-state index contributed by atoms with van der Waals surface area (Å²) in [5.41, 5.74) is 2.41. The summed E-state index contributed by atoms with van der Waals surface area (Å²) >= 11 is 0. The van der Waals surface area contributed by atoms with Crippen LogP contribution < -0.4 is 0 Å². The van der Waals surface area contributed by atoms with Gasteiger partial charge in [-0.2, -0.15) is 0 Å². The van der Waals surface area contributed by atoms with Gasteiger partial charge in [0.25, 0.3) is 5.69 Å². The summed E-state index contributed by atoms with van der Waals surface area (Å²) in [6, 6.07) is 10.7. The molecule has 1 aliphatic heterocycles. The van der Waals surface area contributed by atoms with Crippen LogP contribution in [0, 0.1) is 10.1 Å². The highest BCUT2D eigenvalue weighted by atomic mass is 16.6. The Morgan fingerprint density at radius 2 is 2.04 bits per heavy atom. The van der Waals surface area contributed by atoms with Crippen LogP contribution in [-0.4, -0.2) is 34.2 Å². The zero-order valence-corrected chi connectivity index (χ0v) is 13.7. The molecule has 1 amide bonds.